The van der Waals surface area contributed by atoms with Crippen LogP contribution in [0, 0.1) is 10.1 Å². The molecule has 30 heavy (non-hydrogen) atoms. The van der Waals surface area contributed by atoms with Crippen LogP contribution in [0.15, 0.2) is 66.9 Å². The van der Waals surface area contributed by atoms with E-state index in [0.717, 1.165) is 0 Å². The molecule has 0 saturated carbocycles. The number of amides is 1. The molecule has 1 aromatic heterocycles. The van der Waals surface area contributed by atoms with Crippen molar-refractivity contribution in [2.75, 3.05) is 11.9 Å². The molecule has 1 N–H and O–H groups in total. The molecular weight excluding hydrogens is 388 g/mol. The first-order valence-electron chi connectivity index (χ1n) is 9.03. The number of esters is 1. The highest BCUT2D eigenvalue weighted by Gasteiger charge is 2.13. The maximum absolute atomic E-state index is 12.3. The molecule has 0 saturated heterocycles. The van der Waals surface area contributed by atoms with Crippen LogP contribution in [0.3, 0.4) is 0 Å². The zero-order valence-corrected chi connectivity index (χ0v) is 16.0. The second kappa shape index (κ2) is 9.28. The van der Waals surface area contributed by atoms with Crippen LogP contribution in [0.5, 0.6) is 0 Å². The number of anilines is 1. The van der Waals surface area contributed by atoms with E-state index in [0.29, 0.717) is 16.9 Å². The summed E-state index contributed by atoms with van der Waals surface area (Å²) < 4.78 is 6.41. The van der Waals surface area contributed by atoms with E-state index in [-0.39, 0.29) is 18.0 Å². The van der Waals surface area contributed by atoms with Gasteiger partial charge in [0.15, 0.2) is 5.69 Å². The van der Waals surface area contributed by atoms with Crippen LogP contribution in [0.2, 0.25) is 0 Å². The molecule has 1 heterocycles. The summed E-state index contributed by atoms with van der Waals surface area (Å²) in [6, 6.07) is 14.4. The Balaban J connectivity index is 1.73. The van der Waals surface area contributed by atoms with Crippen LogP contribution < -0.4 is 5.32 Å². The van der Waals surface area contributed by atoms with E-state index in [1.807, 2.05) is 0 Å². The fraction of sp³-hybridized carbons (Fsp3) is 0.0952. The maximum atomic E-state index is 12.3. The third kappa shape index (κ3) is 4.96. The van der Waals surface area contributed by atoms with Crippen molar-refractivity contribution >= 4 is 29.3 Å². The predicted molar refractivity (Wildman–Crippen MR) is 110 cm³/mol. The van der Waals surface area contributed by atoms with Gasteiger partial charge >= 0.3 is 5.97 Å². The van der Waals surface area contributed by atoms with Crippen molar-refractivity contribution < 1.29 is 19.2 Å². The van der Waals surface area contributed by atoms with Gasteiger partial charge in [-0.2, -0.15) is 5.10 Å². The molecular formula is C21H18N4O5. The lowest BCUT2D eigenvalue weighted by Gasteiger charge is -2.09. The van der Waals surface area contributed by atoms with Gasteiger partial charge in [0.2, 0.25) is 5.91 Å². The second-order valence-electron chi connectivity index (χ2n) is 6.05. The van der Waals surface area contributed by atoms with Gasteiger partial charge in [0.25, 0.3) is 5.69 Å². The summed E-state index contributed by atoms with van der Waals surface area (Å²) >= 11 is 0. The van der Waals surface area contributed by atoms with Crippen LogP contribution >= 0.6 is 0 Å². The number of ether oxygens (including phenoxy) is 1. The third-order valence-electron chi connectivity index (χ3n) is 4.01. The number of benzene rings is 2. The second-order valence-corrected chi connectivity index (χ2v) is 6.05. The molecule has 0 atom stereocenters. The molecule has 0 unspecified atom stereocenters. The molecule has 2 aromatic carbocycles. The molecule has 0 bridgehead atoms. The minimum absolute atomic E-state index is 0.0214. The van der Waals surface area contributed by atoms with E-state index in [1.54, 1.807) is 55.6 Å². The molecule has 152 valence electrons. The summed E-state index contributed by atoms with van der Waals surface area (Å²) in [6.45, 7) is 1.96. The molecule has 0 spiro atoms. The van der Waals surface area contributed by atoms with E-state index in [4.69, 9.17) is 4.74 Å². The highest BCUT2D eigenvalue weighted by Crippen LogP contribution is 2.20. The molecule has 9 heteroatoms. The SMILES string of the molecule is CCOC(=O)c1ccn(-c2ccccc2NC(=O)C=Cc2ccc([N+](=O)[O-])cc2)n1. The Morgan fingerprint density at radius 1 is 1.17 bits per heavy atom. The average molecular weight is 406 g/mol. The number of nitro groups is 1. The van der Waals surface area contributed by atoms with Crippen LogP contribution in [-0.4, -0.2) is 33.2 Å². The number of para-hydroxylation sites is 2. The van der Waals surface area contributed by atoms with Crippen LogP contribution in [0.4, 0.5) is 11.4 Å². The third-order valence-corrected chi connectivity index (χ3v) is 4.01. The average Bonchev–Trinajstić information content (AvgIpc) is 3.23. The standard InChI is InChI=1S/C21H18N4O5/c1-2-30-21(27)18-13-14-24(23-18)19-6-4-3-5-17(19)22-20(26)12-9-15-7-10-16(11-8-15)25(28)29/h3-14H,2H2,1H3,(H,22,26). The van der Waals surface area contributed by atoms with Gasteiger partial charge in [-0.05, 0) is 48.9 Å². The number of aromatic nitrogens is 2. The van der Waals surface area contributed by atoms with Gasteiger partial charge in [0, 0.05) is 24.4 Å². The first-order chi connectivity index (χ1) is 14.5. The minimum Gasteiger partial charge on any atom is -0.461 e. The highest BCUT2D eigenvalue weighted by atomic mass is 16.6. The Labute approximate surface area is 171 Å². The van der Waals surface area contributed by atoms with E-state index < -0.39 is 16.8 Å². The van der Waals surface area contributed by atoms with Crippen molar-refractivity contribution in [3.05, 3.63) is 88.2 Å². The van der Waals surface area contributed by atoms with Gasteiger partial charge < -0.3 is 10.1 Å². The van der Waals surface area contributed by atoms with Crippen molar-refractivity contribution in [3.63, 3.8) is 0 Å². The topological polar surface area (TPSA) is 116 Å². The summed E-state index contributed by atoms with van der Waals surface area (Å²) in [4.78, 5) is 34.4. The Morgan fingerprint density at radius 3 is 2.60 bits per heavy atom. The van der Waals surface area contributed by atoms with Crippen molar-refractivity contribution in [2.45, 2.75) is 6.92 Å². The molecule has 0 radical (unpaired) electrons. The largest absolute Gasteiger partial charge is 0.461 e. The van der Waals surface area contributed by atoms with Gasteiger partial charge in [-0.25, -0.2) is 9.48 Å². The van der Waals surface area contributed by atoms with Gasteiger partial charge in [-0.1, -0.05) is 12.1 Å². The Kier molecular flexibility index (Phi) is 6.33. The Bertz CT molecular complexity index is 1100. The number of non-ortho nitro benzene ring substituents is 1. The molecule has 0 aliphatic rings. The Hall–Kier alpha value is -4.27. The Morgan fingerprint density at radius 2 is 1.90 bits per heavy atom. The first kappa shape index (κ1) is 20.5. The number of nitrogens with zero attached hydrogens (tertiary/aromatic N) is 3. The van der Waals surface area contributed by atoms with Gasteiger partial charge in [-0.15, -0.1) is 0 Å². The molecule has 0 fully saturated rings. The number of hydrogen-bond donors (Lipinski definition) is 1. The number of carbonyl (C=O) groups excluding carboxylic acids is 2. The van der Waals surface area contributed by atoms with Crippen molar-refractivity contribution in [3.8, 4) is 5.69 Å². The monoisotopic (exact) mass is 406 g/mol. The van der Waals surface area contributed by atoms with Crippen molar-refractivity contribution in [1.82, 2.24) is 9.78 Å². The quantitative estimate of drug-likeness (QED) is 0.277. The lowest BCUT2D eigenvalue weighted by Crippen LogP contribution is -2.11. The van der Waals surface area contributed by atoms with Crippen LogP contribution in [0.1, 0.15) is 23.0 Å². The number of hydrogen-bond acceptors (Lipinski definition) is 6. The fourth-order valence-electron chi connectivity index (χ4n) is 2.60. The van der Waals surface area contributed by atoms with E-state index in [1.165, 1.54) is 29.0 Å². The van der Waals surface area contributed by atoms with E-state index >= 15 is 0 Å². The summed E-state index contributed by atoms with van der Waals surface area (Å²) in [5.41, 5.74) is 1.86. The van der Waals surface area contributed by atoms with Gasteiger partial charge in [0.1, 0.15) is 0 Å². The fourth-order valence-corrected chi connectivity index (χ4v) is 2.60. The summed E-state index contributed by atoms with van der Waals surface area (Å²) in [6.07, 6.45) is 4.48. The molecule has 0 aliphatic carbocycles. The zero-order chi connectivity index (χ0) is 21.5. The first-order valence-corrected chi connectivity index (χ1v) is 9.03. The summed E-state index contributed by atoms with van der Waals surface area (Å²) in [5.74, 6) is -0.914. The molecule has 3 aromatic rings. The molecule has 0 aliphatic heterocycles. The number of carbonyl (C=O) groups is 2. The highest BCUT2D eigenvalue weighted by molar-refractivity contribution is 6.03. The van der Waals surface area contributed by atoms with Crippen molar-refractivity contribution in [2.24, 2.45) is 0 Å². The van der Waals surface area contributed by atoms with Crippen LogP contribution in [-0.2, 0) is 9.53 Å². The number of nitro benzene ring substituents is 1. The smallest absolute Gasteiger partial charge is 0.358 e. The van der Waals surface area contributed by atoms with E-state index in [2.05, 4.69) is 10.4 Å². The molecule has 3 rings (SSSR count). The zero-order valence-electron chi connectivity index (χ0n) is 16.0. The lowest BCUT2D eigenvalue weighted by atomic mass is 10.2. The van der Waals surface area contributed by atoms with Gasteiger partial charge in [0.05, 0.1) is 22.9 Å². The summed E-state index contributed by atoms with van der Waals surface area (Å²) in [7, 11) is 0. The summed E-state index contributed by atoms with van der Waals surface area (Å²) in [5, 5.41) is 17.7. The van der Waals surface area contributed by atoms with E-state index in [9.17, 15) is 19.7 Å². The van der Waals surface area contributed by atoms with Crippen molar-refractivity contribution in [1.29, 1.82) is 0 Å². The molecule has 9 nitrogen and oxygen atoms in total. The lowest BCUT2D eigenvalue weighted by molar-refractivity contribution is -0.384. The minimum atomic E-state index is -0.524. The van der Waals surface area contributed by atoms with Crippen LogP contribution in [0.25, 0.3) is 11.8 Å². The van der Waals surface area contributed by atoms with Gasteiger partial charge in [-0.3, -0.25) is 14.9 Å². The number of nitrogens with one attached hydrogen (secondary N) is 1. The predicted octanol–water partition coefficient (Wildman–Crippen LogP) is 3.61. The normalized spacial score (nSPS) is 10.7. The maximum Gasteiger partial charge on any atom is 0.358 e. The molecule has 1 amide bonds. The number of rotatable bonds is 7.